The first-order chi connectivity index (χ1) is 2.77. The average Bonchev–Trinajstić information content (AvgIpc) is 1.35. The highest BCUT2D eigenvalue weighted by molar-refractivity contribution is 4.34. The van der Waals surface area contributed by atoms with E-state index in [-0.39, 0.29) is 14.9 Å². The van der Waals surface area contributed by atoms with E-state index in [2.05, 4.69) is 25.9 Å². The highest BCUT2D eigenvalue weighted by Gasteiger charge is 1.79. The summed E-state index contributed by atoms with van der Waals surface area (Å²) >= 11 is 0. The van der Waals surface area contributed by atoms with Crippen molar-refractivity contribution in [2.24, 2.45) is 0 Å². The van der Waals surface area contributed by atoms with Crippen molar-refractivity contribution in [1.29, 1.82) is 0 Å². The topological polar surface area (TPSA) is 3.24 Å². The zero-order valence-corrected chi connectivity index (χ0v) is 4.86. The van der Waals surface area contributed by atoms with Gasteiger partial charge in [-0.3, -0.25) is 0 Å². The SMILES string of the molecule is C.C.CCCN(C)C. The standard InChI is InChI=1S/C5H13N.2CH4/c1-4-5-6(2)3;;/h4-5H2,1-3H3;2*1H4. The lowest BCUT2D eigenvalue weighted by Gasteiger charge is -2.03. The minimum absolute atomic E-state index is 0. The van der Waals surface area contributed by atoms with Crippen molar-refractivity contribution >= 4 is 0 Å². The van der Waals surface area contributed by atoms with E-state index in [1.807, 2.05) is 0 Å². The summed E-state index contributed by atoms with van der Waals surface area (Å²) in [4.78, 5) is 2.18. The van der Waals surface area contributed by atoms with E-state index in [1.54, 1.807) is 0 Å². The maximum Gasteiger partial charge on any atom is -0.00275 e. The number of hydrogen-bond donors (Lipinski definition) is 0. The van der Waals surface area contributed by atoms with Gasteiger partial charge in [0.1, 0.15) is 0 Å². The lowest BCUT2D eigenvalue weighted by molar-refractivity contribution is 0.408. The molecule has 1 heteroatoms. The highest BCUT2D eigenvalue weighted by atomic mass is 15.0. The molecule has 54 valence electrons. The molecule has 0 aromatic carbocycles. The molecule has 0 aliphatic heterocycles. The van der Waals surface area contributed by atoms with E-state index in [0.717, 1.165) is 0 Å². The summed E-state index contributed by atoms with van der Waals surface area (Å²) in [5, 5.41) is 0. The van der Waals surface area contributed by atoms with Crippen LogP contribution in [0.15, 0.2) is 0 Å². The van der Waals surface area contributed by atoms with Crippen molar-refractivity contribution in [3.05, 3.63) is 0 Å². The van der Waals surface area contributed by atoms with Gasteiger partial charge in [-0.25, -0.2) is 0 Å². The molecule has 0 heterocycles. The molecule has 0 rings (SSSR count). The van der Waals surface area contributed by atoms with Crippen molar-refractivity contribution < 1.29 is 0 Å². The van der Waals surface area contributed by atoms with Crippen molar-refractivity contribution in [2.45, 2.75) is 28.2 Å². The smallest absolute Gasteiger partial charge is 0.00275 e. The zero-order chi connectivity index (χ0) is 4.99. The molecular formula is C7H21N. The second-order valence-electron chi connectivity index (χ2n) is 1.80. The van der Waals surface area contributed by atoms with Gasteiger partial charge in [-0.1, -0.05) is 21.8 Å². The van der Waals surface area contributed by atoms with Crippen LogP contribution in [0, 0.1) is 0 Å². The van der Waals surface area contributed by atoms with Crippen molar-refractivity contribution in [1.82, 2.24) is 4.90 Å². The van der Waals surface area contributed by atoms with Gasteiger partial charge < -0.3 is 4.90 Å². The Morgan fingerprint density at radius 2 is 1.50 bits per heavy atom. The normalized spacial score (nSPS) is 7.50. The number of rotatable bonds is 2. The van der Waals surface area contributed by atoms with E-state index < -0.39 is 0 Å². The Morgan fingerprint density at radius 3 is 1.50 bits per heavy atom. The second-order valence-corrected chi connectivity index (χ2v) is 1.80. The summed E-state index contributed by atoms with van der Waals surface area (Å²) in [6.07, 6.45) is 1.26. The quantitative estimate of drug-likeness (QED) is 0.539. The van der Waals surface area contributed by atoms with Crippen LogP contribution in [0.1, 0.15) is 28.2 Å². The third-order valence-electron chi connectivity index (χ3n) is 0.671. The molecule has 0 unspecified atom stereocenters. The van der Waals surface area contributed by atoms with Gasteiger partial charge in [-0.15, -0.1) is 0 Å². The Hall–Kier alpha value is -0.0400. The van der Waals surface area contributed by atoms with Gasteiger partial charge >= 0.3 is 0 Å². The van der Waals surface area contributed by atoms with Crippen LogP contribution in [0.2, 0.25) is 0 Å². The average molecular weight is 119 g/mol. The maximum absolute atomic E-state index is 2.18. The van der Waals surface area contributed by atoms with Crippen LogP contribution >= 0.6 is 0 Å². The molecule has 0 saturated heterocycles. The van der Waals surface area contributed by atoms with Crippen LogP contribution in [0.3, 0.4) is 0 Å². The van der Waals surface area contributed by atoms with E-state index in [4.69, 9.17) is 0 Å². The maximum atomic E-state index is 2.18. The molecule has 0 saturated carbocycles. The predicted molar refractivity (Wildman–Crippen MR) is 42.3 cm³/mol. The summed E-state index contributed by atoms with van der Waals surface area (Å²) < 4.78 is 0. The van der Waals surface area contributed by atoms with E-state index in [9.17, 15) is 0 Å². The largest absolute Gasteiger partial charge is 0.309 e. The molecule has 0 bridgehead atoms. The Balaban J connectivity index is -0.000000125. The molecule has 0 spiro atoms. The molecule has 0 aromatic heterocycles. The first kappa shape index (κ1) is 15.7. The van der Waals surface area contributed by atoms with Crippen molar-refractivity contribution in [3.63, 3.8) is 0 Å². The van der Waals surface area contributed by atoms with Gasteiger partial charge in [0.15, 0.2) is 0 Å². The van der Waals surface area contributed by atoms with Gasteiger partial charge in [-0.2, -0.15) is 0 Å². The molecular weight excluding hydrogens is 98.1 g/mol. The van der Waals surface area contributed by atoms with Crippen molar-refractivity contribution in [2.75, 3.05) is 20.6 Å². The third-order valence-corrected chi connectivity index (χ3v) is 0.671. The van der Waals surface area contributed by atoms with Crippen LogP contribution in [-0.2, 0) is 0 Å². The van der Waals surface area contributed by atoms with E-state index in [1.165, 1.54) is 13.0 Å². The van der Waals surface area contributed by atoms with Crippen LogP contribution in [-0.4, -0.2) is 25.5 Å². The monoisotopic (exact) mass is 119 g/mol. The molecule has 0 aromatic rings. The first-order valence-corrected chi connectivity index (χ1v) is 2.42. The minimum Gasteiger partial charge on any atom is -0.309 e. The third kappa shape index (κ3) is 16.7. The van der Waals surface area contributed by atoms with Gasteiger partial charge in [-0.05, 0) is 27.1 Å². The van der Waals surface area contributed by atoms with Crippen LogP contribution in [0.5, 0.6) is 0 Å². The Bertz CT molecular complexity index is 25.6. The van der Waals surface area contributed by atoms with Crippen LogP contribution in [0.25, 0.3) is 0 Å². The van der Waals surface area contributed by atoms with Crippen molar-refractivity contribution in [3.8, 4) is 0 Å². The molecule has 8 heavy (non-hydrogen) atoms. The Kier molecular flexibility index (Phi) is 19.7. The Labute approximate surface area is 54.7 Å². The molecule has 0 aliphatic rings. The minimum atomic E-state index is 0. The van der Waals surface area contributed by atoms with Gasteiger partial charge in [0.25, 0.3) is 0 Å². The first-order valence-electron chi connectivity index (χ1n) is 2.42. The second kappa shape index (κ2) is 10.0. The number of hydrogen-bond acceptors (Lipinski definition) is 1. The summed E-state index contributed by atoms with van der Waals surface area (Å²) in [5.74, 6) is 0. The summed E-state index contributed by atoms with van der Waals surface area (Å²) in [6, 6.07) is 0. The molecule has 0 aliphatic carbocycles. The van der Waals surface area contributed by atoms with Gasteiger partial charge in [0.05, 0.1) is 0 Å². The predicted octanol–water partition coefficient (Wildman–Crippen LogP) is 2.23. The fraction of sp³-hybridized carbons (Fsp3) is 1.00. The van der Waals surface area contributed by atoms with E-state index in [0.29, 0.717) is 0 Å². The summed E-state index contributed by atoms with van der Waals surface area (Å²) in [7, 11) is 4.17. The molecule has 0 fully saturated rings. The van der Waals surface area contributed by atoms with Crippen LogP contribution < -0.4 is 0 Å². The van der Waals surface area contributed by atoms with Gasteiger partial charge in [0.2, 0.25) is 0 Å². The van der Waals surface area contributed by atoms with Crippen LogP contribution in [0.4, 0.5) is 0 Å². The molecule has 0 atom stereocenters. The van der Waals surface area contributed by atoms with Gasteiger partial charge in [0, 0.05) is 0 Å². The highest BCUT2D eigenvalue weighted by Crippen LogP contribution is 1.76. The lowest BCUT2D eigenvalue weighted by Crippen LogP contribution is -2.11. The molecule has 1 nitrogen and oxygen atoms in total. The summed E-state index contributed by atoms with van der Waals surface area (Å²) in [6.45, 7) is 3.39. The lowest BCUT2D eigenvalue weighted by atomic mass is 10.5. The Morgan fingerprint density at radius 1 is 1.12 bits per heavy atom. The fourth-order valence-corrected chi connectivity index (χ4v) is 0.447. The zero-order valence-electron chi connectivity index (χ0n) is 4.86. The van der Waals surface area contributed by atoms with E-state index >= 15 is 0 Å². The fourth-order valence-electron chi connectivity index (χ4n) is 0.447. The summed E-state index contributed by atoms with van der Waals surface area (Å²) in [5.41, 5.74) is 0. The molecule has 0 amide bonds. The number of nitrogens with zero attached hydrogens (tertiary/aromatic N) is 1. The molecule has 0 N–H and O–H groups in total. The molecule has 0 radical (unpaired) electrons.